The van der Waals surface area contributed by atoms with Crippen molar-refractivity contribution in [1.29, 1.82) is 0 Å². The van der Waals surface area contributed by atoms with Gasteiger partial charge >= 0.3 is 5.97 Å². The van der Waals surface area contributed by atoms with Crippen molar-refractivity contribution in [3.8, 4) is 5.75 Å². The van der Waals surface area contributed by atoms with Crippen molar-refractivity contribution < 1.29 is 23.9 Å². The minimum atomic E-state index is -0.665. The van der Waals surface area contributed by atoms with Crippen LogP contribution in [0.4, 0.5) is 0 Å². The van der Waals surface area contributed by atoms with Crippen LogP contribution < -0.4 is 4.74 Å². The average Bonchev–Trinajstić information content (AvgIpc) is 2.75. The Hall–Kier alpha value is -3.25. The van der Waals surface area contributed by atoms with Gasteiger partial charge in [0, 0.05) is 26.7 Å². The number of ketones is 2. The lowest BCUT2D eigenvalue weighted by Crippen LogP contribution is -2.24. The zero-order valence-electron chi connectivity index (χ0n) is 15.2. The number of carbonyl (C=O) groups is 3. The van der Waals surface area contributed by atoms with Crippen molar-refractivity contribution in [2.45, 2.75) is 0 Å². The first-order valence-corrected chi connectivity index (χ1v) is 9.72. The first-order valence-electron chi connectivity index (χ1n) is 8.93. The van der Waals surface area contributed by atoms with Gasteiger partial charge in [-0.25, -0.2) is 4.79 Å². The van der Waals surface area contributed by atoms with Crippen LogP contribution in [-0.4, -0.2) is 30.7 Å². The fraction of sp³-hybridized carbons (Fsp3) is 0.0870. The van der Waals surface area contributed by atoms with E-state index in [1.165, 1.54) is 6.07 Å². The third-order valence-electron chi connectivity index (χ3n) is 4.57. The van der Waals surface area contributed by atoms with E-state index in [1.54, 1.807) is 48.5 Å². The Morgan fingerprint density at radius 3 is 2.14 bits per heavy atom. The summed E-state index contributed by atoms with van der Waals surface area (Å²) in [6.07, 6.45) is 0. The SMILES string of the molecule is O=C(OCCOc1ccc(Br)cc1)c1cccc2c1C(=O)c1ccccc1C2=O. The molecule has 0 amide bonds. The second-order valence-corrected chi connectivity index (χ2v) is 7.29. The number of carbonyl (C=O) groups excluding carboxylic acids is 3. The fourth-order valence-electron chi connectivity index (χ4n) is 3.22. The van der Waals surface area contributed by atoms with Crippen molar-refractivity contribution in [3.63, 3.8) is 0 Å². The zero-order chi connectivity index (χ0) is 20.4. The van der Waals surface area contributed by atoms with Gasteiger partial charge < -0.3 is 9.47 Å². The predicted molar refractivity (Wildman–Crippen MR) is 110 cm³/mol. The highest BCUT2D eigenvalue weighted by Crippen LogP contribution is 2.29. The first-order chi connectivity index (χ1) is 14.1. The van der Waals surface area contributed by atoms with Gasteiger partial charge in [-0.15, -0.1) is 0 Å². The Morgan fingerprint density at radius 1 is 0.759 bits per heavy atom. The normalized spacial score (nSPS) is 12.2. The van der Waals surface area contributed by atoms with Gasteiger partial charge in [0.25, 0.3) is 0 Å². The van der Waals surface area contributed by atoms with Crippen molar-refractivity contribution in [3.05, 3.63) is 99.0 Å². The molecule has 0 aromatic heterocycles. The Bertz CT molecular complexity index is 1120. The van der Waals surface area contributed by atoms with Gasteiger partial charge in [-0.2, -0.15) is 0 Å². The second-order valence-electron chi connectivity index (χ2n) is 6.37. The van der Waals surface area contributed by atoms with Crippen LogP contribution in [0.15, 0.2) is 71.2 Å². The van der Waals surface area contributed by atoms with Crippen molar-refractivity contribution >= 4 is 33.5 Å². The molecule has 0 fully saturated rings. The molecule has 0 aliphatic heterocycles. The van der Waals surface area contributed by atoms with Gasteiger partial charge in [0.2, 0.25) is 0 Å². The topological polar surface area (TPSA) is 69.7 Å². The first kappa shape index (κ1) is 19.1. The molecular weight excluding hydrogens is 436 g/mol. The molecule has 0 heterocycles. The number of esters is 1. The largest absolute Gasteiger partial charge is 0.490 e. The van der Waals surface area contributed by atoms with Crippen LogP contribution in [-0.2, 0) is 4.74 Å². The molecule has 144 valence electrons. The molecule has 0 bridgehead atoms. The lowest BCUT2D eigenvalue weighted by atomic mass is 9.82. The lowest BCUT2D eigenvalue weighted by Gasteiger charge is -2.19. The van der Waals surface area contributed by atoms with Crippen molar-refractivity contribution in [2.24, 2.45) is 0 Å². The molecule has 4 rings (SSSR count). The van der Waals surface area contributed by atoms with Crippen LogP contribution in [0.2, 0.25) is 0 Å². The molecule has 1 aliphatic carbocycles. The Kier molecular flexibility index (Phi) is 5.27. The van der Waals surface area contributed by atoms with Crippen LogP contribution in [0.3, 0.4) is 0 Å². The highest BCUT2D eigenvalue weighted by Gasteiger charge is 2.33. The smallest absolute Gasteiger partial charge is 0.339 e. The third-order valence-corrected chi connectivity index (χ3v) is 5.10. The quantitative estimate of drug-likeness (QED) is 0.331. The number of hydrogen-bond acceptors (Lipinski definition) is 5. The van der Waals surface area contributed by atoms with Gasteiger partial charge in [-0.1, -0.05) is 52.3 Å². The van der Waals surface area contributed by atoms with E-state index < -0.39 is 5.97 Å². The number of rotatable bonds is 5. The molecule has 3 aromatic carbocycles. The van der Waals surface area contributed by atoms with Crippen LogP contribution in [0.25, 0.3) is 0 Å². The molecule has 1 aliphatic rings. The molecule has 29 heavy (non-hydrogen) atoms. The van der Waals surface area contributed by atoms with E-state index in [0.29, 0.717) is 16.9 Å². The molecular formula is C23H15BrO5. The molecule has 6 heteroatoms. The number of ether oxygens (including phenoxy) is 2. The monoisotopic (exact) mass is 450 g/mol. The average molecular weight is 451 g/mol. The van der Waals surface area contributed by atoms with Gasteiger partial charge in [0.15, 0.2) is 11.6 Å². The minimum Gasteiger partial charge on any atom is -0.490 e. The molecule has 0 atom stereocenters. The fourth-order valence-corrected chi connectivity index (χ4v) is 3.48. The van der Waals surface area contributed by atoms with Gasteiger partial charge in [0.05, 0.1) is 5.56 Å². The summed E-state index contributed by atoms with van der Waals surface area (Å²) in [5.74, 6) is -0.641. The van der Waals surface area contributed by atoms with E-state index in [2.05, 4.69) is 15.9 Å². The highest BCUT2D eigenvalue weighted by molar-refractivity contribution is 9.10. The number of fused-ring (bicyclic) bond motifs is 2. The minimum absolute atomic E-state index is 0.0112. The summed E-state index contributed by atoms with van der Waals surface area (Å²) in [4.78, 5) is 38.3. The van der Waals surface area contributed by atoms with E-state index in [4.69, 9.17) is 9.47 Å². The summed E-state index contributed by atoms with van der Waals surface area (Å²) < 4.78 is 11.7. The van der Waals surface area contributed by atoms with Crippen molar-refractivity contribution in [2.75, 3.05) is 13.2 Å². The Balaban J connectivity index is 1.49. The Labute approximate surface area is 175 Å². The van der Waals surface area contributed by atoms with Crippen LogP contribution >= 0.6 is 15.9 Å². The molecule has 0 unspecified atom stereocenters. The molecule has 0 N–H and O–H groups in total. The van der Waals surface area contributed by atoms with Crippen LogP contribution in [0.1, 0.15) is 42.2 Å². The lowest BCUT2D eigenvalue weighted by molar-refractivity contribution is 0.0448. The standard InChI is InChI=1S/C23H15BrO5/c24-14-8-10-15(11-9-14)28-12-13-29-23(27)19-7-3-6-18-20(19)22(26)17-5-2-1-4-16(17)21(18)25/h1-11H,12-13H2. The van der Waals surface area contributed by atoms with Crippen LogP contribution in [0, 0.1) is 0 Å². The molecule has 0 saturated carbocycles. The third kappa shape index (κ3) is 3.71. The number of halogens is 1. The Morgan fingerprint density at radius 2 is 1.41 bits per heavy atom. The summed E-state index contributed by atoms with van der Waals surface area (Å²) in [5.41, 5.74) is 1.03. The molecule has 0 saturated heterocycles. The van der Waals surface area contributed by atoms with E-state index in [1.807, 2.05) is 12.1 Å². The highest BCUT2D eigenvalue weighted by atomic mass is 79.9. The number of hydrogen-bond donors (Lipinski definition) is 0. The van der Waals surface area contributed by atoms with E-state index >= 15 is 0 Å². The number of benzene rings is 3. The summed E-state index contributed by atoms with van der Waals surface area (Å²) in [6, 6.07) is 18.5. The molecule has 3 aromatic rings. The second kappa shape index (κ2) is 8.01. The van der Waals surface area contributed by atoms with Crippen LogP contribution in [0.5, 0.6) is 5.75 Å². The maximum atomic E-state index is 12.9. The summed E-state index contributed by atoms with van der Waals surface area (Å²) in [5, 5.41) is 0. The summed E-state index contributed by atoms with van der Waals surface area (Å²) >= 11 is 3.35. The molecule has 5 nitrogen and oxygen atoms in total. The van der Waals surface area contributed by atoms with Gasteiger partial charge in [0.1, 0.15) is 19.0 Å². The van der Waals surface area contributed by atoms with E-state index in [9.17, 15) is 14.4 Å². The maximum absolute atomic E-state index is 12.9. The van der Waals surface area contributed by atoms with Gasteiger partial charge in [-0.3, -0.25) is 9.59 Å². The van der Waals surface area contributed by atoms with E-state index in [0.717, 1.165) is 4.47 Å². The van der Waals surface area contributed by atoms with Crippen molar-refractivity contribution in [1.82, 2.24) is 0 Å². The molecule has 0 spiro atoms. The van der Waals surface area contributed by atoms with E-state index in [-0.39, 0.29) is 41.5 Å². The zero-order valence-corrected chi connectivity index (χ0v) is 16.8. The predicted octanol–water partition coefficient (Wildman–Crippen LogP) is 4.46. The molecule has 0 radical (unpaired) electrons. The summed E-state index contributed by atoms with van der Waals surface area (Å²) in [7, 11) is 0. The maximum Gasteiger partial charge on any atom is 0.339 e. The van der Waals surface area contributed by atoms with Gasteiger partial charge in [-0.05, 0) is 30.3 Å². The summed E-state index contributed by atoms with van der Waals surface area (Å²) in [6.45, 7) is 0.176.